The van der Waals surface area contributed by atoms with Crippen molar-refractivity contribution in [2.45, 2.75) is 19.4 Å². The van der Waals surface area contributed by atoms with Gasteiger partial charge in [0.05, 0.1) is 0 Å². The van der Waals surface area contributed by atoms with Gasteiger partial charge in [-0.25, -0.2) is 4.98 Å². The van der Waals surface area contributed by atoms with Crippen LogP contribution in [0.5, 0.6) is 0 Å². The van der Waals surface area contributed by atoms with Crippen molar-refractivity contribution in [1.82, 2.24) is 10.3 Å². The Kier molecular flexibility index (Phi) is 4.42. The zero-order chi connectivity index (χ0) is 12.1. The van der Waals surface area contributed by atoms with Crippen LogP contribution in [-0.2, 0) is 4.79 Å². The van der Waals surface area contributed by atoms with Gasteiger partial charge in [0.1, 0.15) is 10.3 Å². The zero-order valence-electron chi connectivity index (χ0n) is 8.74. The van der Waals surface area contributed by atoms with Gasteiger partial charge in [-0.1, -0.05) is 6.07 Å². The summed E-state index contributed by atoms with van der Waals surface area (Å²) in [5, 5.41) is 2.63. The molecule has 16 heavy (non-hydrogen) atoms. The van der Waals surface area contributed by atoms with Crippen LogP contribution in [0.2, 0.25) is 0 Å². The first-order chi connectivity index (χ1) is 7.49. The first-order valence-electron chi connectivity index (χ1n) is 4.70. The van der Waals surface area contributed by atoms with Gasteiger partial charge in [-0.2, -0.15) is 0 Å². The number of pyridine rings is 1. The van der Waals surface area contributed by atoms with Crippen molar-refractivity contribution in [1.29, 1.82) is 0 Å². The summed E-state index contributed by atoms with van der Waals surface area (Å²) < 4.78 is 0.586. The molecule has 3 N–H and O–H groups in total. The highest BCUT2D eigenvalue weighted by molar-refractivity contribution is 9.10. The highest BCUT2D eigenvalue weighted by atomic mass is 79.9. The molecule has 0 fully saturated rings. The van der Waals surface area contributed by atoms with E-state index >= 15 is 0 Å². The van der Waals surface area contributed by atoms with Gasteiger partial charge in [-0.15, -0.1) is 0 Å². The Morgan fingerprint density at radius 1 is 1.56 bits per heavy atom. The van der Waals surface area contributed by atoms with Crippen LogP contribution in [-0.4, -0.2) is 22.8 Å². The Morgan fingerprint density at radius 3 is 2.81 bits per heavy atom. The molecule has 1 rings (SSSR count). The Labute approximate surface area is 102 Å². The molecule has 0 aliphatic rings. The first-order valence-corrected chi connectivity index (χ1v) is 5.50. The molecule has 0 aliphatic carbocycles. The topological polar surface area (TPSA) is 85.1 Å². The van der Waals surface area contributed by atoms with Gasteiger partial charge in [0.2, 0.25) is 5.91 Å². The highest BCUT2D eigenvalue weighted by Crippen LogP contribution is 2.06. The number of nitrogens with zero attached hydrogens (tertiary/aromatic N) is 1. The van der Waals surface area contributed by atoms with Crippen molar-refractivity contribution >= 4 is 27.7 Å². The maximum Gasteiger partial charge on any atom is 0.270 e. The molecule has 0 radical (unpaired) electrons. The molecule has 1 heterocycles. The number of hydrogen-bond donors (Lipinski definition) is 2. The van der Waals surface area contributed by atoms with Gasteiger partial charge >= 0.3 is 0 Å². The fourth-order valence-corrected chi connectivity index (χ4v) is 1.53. The van der Waals surface area contributed by atoms with E-state index < -0.39 is 5.91 Å². The zero-order valence-corrected chi connectivity index (χ0v) is 10.3. The summed E-state index contributed by atoms with van der Waals surface area (Å²) in [6, 6.07) is 4.73. The molecule has 86 valence electrons. The molecule has 1 atom stereocenters. The third-order valence-electron chi connectivity index (χ3n) is 1.83. The second-order valence-corrected chi connectivity index (χ2v) is 4.20. The third kappa shape index (κ3) is 3.98. The SMILES string of the molecule is CC(CC(N)=O)NC(=O)c1cccc(Br)n1. The van der Waals surface area contributed by atoms with E-state index in [9.17, 15) is 9.59 Å². The monoisotopic (exact) mass is 285 g/mol. The van der Waals surface area contributed by atoms with Gasteiger partial charge in [0.25, 0.3) is 5.91 Å². The largest absolute Gasteiger partial charge is 0.370 e. The summed E-state index contributed by atoms with van der Waals surface area (Å²) in [6.45, 7) is 1.71. The third-order valence-corrected chi connectivity index (χ3v) is 2.27. The van der Waals surface area contributed by atoms with E-state index in [0.717, 1.165) is 0 Å². The number of primary amides is 1. The quantitative estimate of drug-likeness (QED) is 0.804. The molecule has 6 heteroatoms. The molecule has 5 nitrogen and oxygen atoms in total. The summed E-state index contributed by atoms with van der Waals surface area (Å²) in [4.78, 5) is 26.3. The normalized spacial score (nSPS) is 11.9. The summed E-state index contributed by atoms with van der Waals surface area (Å²) in [5.74, 6) is -0.773. The van der Waals surface area contributed by atoms with Crippen LogP contribution in [0.25, 0.3) is 0 Å². The van der Waals surface area contributed by atoms with E-state index in [1.54, 1.807) is 25.1 Å². The summed E-state index contributed by atoms with van der Waals surface area (Å²) in [5.41, 5.74) is 5.32. The van der Waals surface area contributed by atoms with Crippen molar-refractivity contribution in [3.8, 4) is 0 Å². The van der Waals surface area contributed by atoms with E-state index in [4.69, 9.17) is 5.73 Å². The lowest BCUT2D eigenvalue weighted by molar-refractivity contribution is -0.118. The van der Waals surface area contributed by atoms with Crippen LogP contribution < -0.4 is 11.1 Å². The molecule has 0 bridgehead atoms. The first kappa shape index (κ1) is 12.6. The Bertz CT molecular complexity index is 409. The second-order valence-electron chi connectivity index (χ2n) is 3.39. The predicted molar refractivity (Wildman–Crippen MR) is 62.7 cm³/mol. The molecule has 1 aromatic rings. The molecular formula is C10H12BrN3O2. The van der Waals surface area contributed by atoms with Gasteiger partial charge in [-0.3, -0.25) is 9.59 Å². The minimum absolute atomic E-state index is 0.111. The number of hydrogen-bond acceptors (Lipinski definition) is 3. The Balaban J connectivity index is 2.62. The standard InChI is InChI=1S/C10H12BrN3O2/c1-6(5-9(12)15)13-10(16)7-3-2-4-8(11)14-7/h2-4,6H,5H2,1H3,(H2,12,15)(H,13,16). The molecule has 0 aliphatic heterocycles. The number of carbonyl (C=O) groups excluding carboxylic acids is 2. The molecule has 1 aromatic heterocycles. The Morgan fingerprint density at radius 2 is 2.25 bits per heavy atom. The van der Waals surface area contributed by atoms with Gasteiger partial charge in [0, 0.05) is 12.5 Å². The number of amides is 2. The maximum absolute atomic E-state index is 11.6. The average Bonchev–Trinajstić information content (AvgIpc) is 2.16. The minimum Gasteiger partial charge on any atom is -0.370 e. The molecule has 1 unspecified atom stereocenters. The minimum atomic E-state index is -0.449. The highest BCUT2D eigenvalue weighted by Gasteiger charge is 2.12. The van der Waals surface area contributed by atoms with E-state index in [0.29, 0.717) is 10.3 Å². The van der Waals surface area contributed by atoms with Crippen molar-refractivity contribution < 1.29 is 9.59 Å². The van der Waals surface area contributed by atoms with Crippen LogP contribution in [0.1, 0.15) is 23.8 Å². The lowest BCUT2D eigenvalue weighted by Gasteiger charge is -2.11. The van der Waals surface area contributed by atoms with E-state index in [-0.39, 0.29) is 18.4 Å². The molecule has 0 saturated heterocycles. The van der Waals surface area contributed by atoms with Crippen LogP contribution in [0.4, 0.5) is 0 Å². The van der Waals surface area contributed by atoms with Crippen molar-refractivity contribution in [2.24, 2.45) is 5.73 Å². The van der Waals surface area contributed by atoms with Gasteiger partial charge < -0.3 is 11.1 Å². The number of aromatic nitrogens is 1. The van der Waals surface area contributed by atoms with E-state index in [1.165, 1.54) is 0 Å². The van der Waals surface area contributed by atoms with Crippen LogP contribution in [0.3, 0.4) is 0 Å². The van der Waals surface area contributed by atoms with Crippen molar-refractivity contribution in [2.75, 3.05) is 0 Å². The van der Waals surface area contributed by atoms with Gasteiger partial charge in [0.15, 0.2) is 0 Å². The number of halogens is 1. The average molecular weight is 286 g/mol. The number of carbonyl (C=O) groups is 2. The van der Waals surface area contributed by atoms with Crippen LogP contribution >= 0.6 is 15.9 Å². The number of rotatable bonds is 4. The van der Waals surface area contributed by atoms with E-state index in [1.807, 2.05) is 0 Å². The molecule has 2 amide bonds. The summed E-state index contributed by atoms with van der Waals surface area (Å²) in [6.07, 6.45) is 0.111. The van der Waals surface area contributed by atoms with Crippen LogP contribution in [0.15, 0.2) is 22.8 Å². The number of nitrogens with one attached hydrogen (secondary N) is 1. The van der Waals surface area contributed by atoms with Gasteiger partial charge in [-0.05, 0) is 35.0 Å². The molecule has 0 spiro atoms. The maximum atomic E-state index is 11.6. The molecule has 0 aromatic carbocycles. The number of nitrogens with two attached hydrogens (primary N) is 1. The lowest BCUT2D eigenvalue weighted by atomic mass is 10.2. The molecular weight excluding hydrogens is 274 g/mol. The van der Waals surface area contributed by atoms with Crippen LogP contribution in [0, 0.1) is 0 Å². The smallest absolute Gasteiger partial charge is 0.270 e. The predicted octanol–water partition coefficient (Wildman–Crippen LogP) is 0.838. The van der Waals surface area contributed by atoms with Crippen molar-refractivity contribution in [3.05, 3.63) is 28.5 Å². The fourth-order valence-electron chi connectivity index (χ4n) is 1.19. The summed E-state index contributed by atoms with van der Waals surface area (Å²) in [7, 11) is 0. The fraction of sp³-hybridized carbons (Fsp3) is 0.300. The summed E-state index contributed by atoms with van der Waals surface area (Å²) >= 11 is 3.17. The molecule has 0 saturated carbocycles. The lowest BCUT2D eigenvalue weighted by Crippen LogP contribution is -2.36. The second kappa shape index (κ2) is 5.60. The van der Waals surface area contributed by atoms with E-state index in [2.05, 4.69) is 26.2 Å². The van der Waals surface area contributed by atoms with Crippen molar-refractivity contribution in [3.63, 3.8) is 0 Å². The Hall–Kier alpha value is -1.43.